The van der Waals surface area contributed by atoms with Crippen molar-refractivity contribution in [2.24, 2.45) is 5.92 Å². The zero-order chi connectivity index (χ0) is 18.7. The Bertz CT molecular complexity index is 1020. The van der Waals surface area contributed by atoms with E-state index in [0.29, 0.717) is 23.6 Å². The zero-order valence-corrected chi connectivity index (χ0v) is 15.7. The second-order valence-electron chi connectivity index (χ2n) is 8.27. The number of likely N-dealkylation sites (tertiary alicyclic amines) is 1. The first-order valence-electron chi connectivity index (χ1n) is 10.2. The van der Waals surface area contributed by atoms with E-state index in [4.69, 9.17) is 0 Å². The number of piperidine rings is 3. The molecule has 0 unspecified atom stereocenters. The number of hydrogen-bond donors (Lipinski definition) is 0. The van der Waals surface area contributed by atoms with Gasteiger partial charge in [-0.05, 0) is 49.5 Å². The van der Waals surface area contributed by atoms with Gasteiger partial charge in [-0.1, -0.05) is 30.3 Å². The van der Waals surface area contributed by atoms with Crippen LogP contribution in [0.25, 0.3) is 5.65 Å². The van der Waals surface area contributed by atoms with E-state index in [1.807, 2.05) is 12.1 Å². The minimum atomic E-state index is 0.0633. The monoisotopic (exact) mass is 373 g/mol. The van der Waals surface area contributed by atoms with Crippen LogP contribution in [0, 0.1) is 5.92 Å². The molecule has 1 amide bonds. The number of aromatic nitrogens is 3. The van der Waals surface area contributed by atoms with Crippen LogP contribution in [0.15, 0.2) is 54.9 Å². The predicted octanol–water partition coefficient (Wildman–Crippen LogP) is 2.43. The van der Waals surface area contributed by atoms with Gasteiger partial charge in [-0.25, -0.2) is 9.50 Å². The first-order valence-corrected chi connectivity index (χ1v) is 10.2. The van der Waals surface area contributed by atoms with Crippen molar-refractivity contribution in [1.82, 2.24) is 24.4 Å². The largest absolute Gasteiger partial charge is 0.332 e. The van der Waals surface area contributed by atoms with Crippen molar-refractivity contribution < 1.29 is 4.79 Å². The molecule has 4 aliphatic heterocycles. The van der Waals surface area contributed by atoms with Crippen LogP contribution >= 0.6 is 0 Å². The van der Waals surface area contributed by atoms with Crippen molar-refractivity contribution in [2.45, 2.75) is 30.8 Å². The number of rotatable bonds is 2. The predicted molar refractivity (Wildman–Crippen MR) is 105 cm³/mol. The van der Waals surface area contributed by atoms with E-state index in [-0.39, 0.29) is 11.9 Å². The quantitative estimate of drug-likeness (QED) is 0.692. The molecule has 2 bridgehead atoms. The van der Waals surface area contributed by atoms with Gasteiger partial charge in [0.25, 0.3) is 5.91 Å². The molecule has 0 aliphatic carbocycles. The highest BCUT2D eigenvalue weighted by molar-refractivity contribution is 5.93. The molecule has 0 radical (unpaired) electrons. The molecule has 4 aliphatic rings. The van der Waals surface area contributed by atoms with Crippen molar-refractivity contribution >= 4 is 11.6 Å². The van der Waals surface area contributed by atoms with Crippen LogP contribution in [-0.2, 0) is 0 Å². The Kier molecular flexibility index (Phi) is 3.56. The summed E-state index contributed by atoms with van der Waals surface area (Å²) < 4.78 is 1.68. The molecule has 0 N–H and O–H groups in total. The topological polar surface area (TPSA) is 53.7 Å². The number of carbonyl (C=O) groups excluding carboxylic acids is 1. The minimum absolute atomic E-state index is 0.0633. The summed E-state index contributed by atoms with van der Waals surface area (Å²) in [5.74, 6) is 1.03. The maximum Gasteiger partial charge on any atom is 0.274 e. The molecule has 1 aromatic carbocycles. The van der Waals surface area contributed by atoms with Gasteiger partial charge in [0.05, 0.1) is 12.2 Å². The smallest absolute Gasteiger partial charge is 0.274 e. The molecule has 6 nitrogen and oxygen atoms in total. The van der Waals surface area contributed by atoms with Crippen molar-refractivity contribution in [3.05, 3.63) is 66.1 Å². The molecule has 0 saturated carbocycles. The molecule has 0 spiro atoms. The van der Waals surface area contributed by atoms with E-state index in [1.54, 1.807) is 16.9 Å². The summed E-state index contributed by atoms with van der Waals surface area (Å²) in [6, 6.07) is 15.2. The lowest BCUT2D eigenvalue weighted by Gasteiger charge is -2.51. The van der Waals surface area contributed by atoms with Crippen LogP contribution in [0.2, 0.25) is 0 Å². The van der Waals surface area contributed by atoms with E-state index in [0.717, 1.165) is 25.3 Å². The van der Waals surface area contributed by atoms with Crippen molar-refractivity contribution in [2.75, 3.05) is 19.6 Å². The maximum atomic E-state index is 13.6. The molecule has 4 fully saturated rings. The molecule has 2 aromatic heterocycles. The SMILES string of the molecule is O=C(c1cnc2cccnn12)N1C[C@H](c2ccccc2)[C@@H]2[C@H]1C1CCN2CC1. The Hall–Kier alpha value is -2.73. The van der Waals surface area contributed by atoms with E-state index in [2.05, 4.69) is 50.2 Å². The van der Waals surface area contributed by atoms with Gasteiger partial charge in [-0.15, -0.1) is 0 Å². The molecular formula is C22H23N5O. The number of carbonyl (C=O) groups is 1. The van der Waals surface area contributed by atoms with Gasteiger partial charge >= 0.3 is 0 Å². The summed E-state index contributed by atoms with van der Waals surface area (Å²) in [6.45, 7) is 3.09. The number of hydrogen-bond acceptors (Lipinski definition) is 4. The minimum Gasteiger partial charge on any atom is -0.332 e. The highest BCUT2D eigenvalue weighted by Crippen LogP contribution is 2.46. The third-order valence-corrected chi connectivity index (χ3v) is 6.98. The lowest BCUT2D eigenvalue weighted by atomic mass is 9.75. The summed E-state index contributed by atoms with van der Waals surface area (Å²) in [4.78, 5) is 22.8. The Balaban J connectivity index is 1.42. The summed E-state index contributed by atoms with van der Waals surface area (Å²) in [6.07, 6.45) is 5.77. The van der Waals surface area contributed by atoms with Gasteiger partial charge in [-0.3, -0.25) is 9.69 Å². The molecule has 3 atom stereocenters. The Morgan fingerprint density at radius 3 is 2.64 bits per heavy atom. The van der Waals surface area contributed by atoms with Crippen LogP contribution in [-0.4, -0.2) is 62.0 Å². The highest BCUT2D eigenvalue weighted by Gasteiger charge is 2.54. The second-order valence-corrected chi connectivity index (χ2v) is 8.27. The maximum absolute atomic E-state index is 13.6. The van der Waals surface area contributed by atoms with E-state index in [1.165, 1.54) is 18.4 Å². The zero-order valence-electron chi connectivity index (χ0n) is 15.7. The third-order valence-electron chi connectivity index (χ3n) is 6.98. The molecule has 28 heavy (non-hydrogen) atoms. The summed E-state index contributed by atoms with van der Waals surface area (Å²) in [5.41, 5.74) is 2.63. The van der Waals surface area contributed by atoms with Gasteiger partial charge in [0.15, 0.2) is 11.3 Å². The average Bonchev–Trinajstić information content (AvgIpc) is 3.38. The van der Waals surface area contributed by atoms with E-state index >= 15 is 0 Å². The molecule has 7 rings (SSSR count). The molecular weight excluding hydrogens is 350 g/mol. The lowest BCUT2D eigenvalue weighted by molar-refractivity contribution is -0.00365. The first kappa shape index (κ1) is 16.2. The third kappa shape index (κ3) is 2.27. The summed E-state index contributed by atoms with van der Waals surface area (Å²) in [5, 5.41) is 4.36. The first-order chi connectivity index (χ1) is 13.8. The molecule has 3 aromatic rings. The fourth-order valence-electron chi connectivity index (χ4n) is 5.77. The van der Waals surface area contributed by atoms with Crippen LogP contribution in [0.5, 0.6) is 0 Å². The van der Waals surface area contributed by atoms with Crippen LogP contribution in [0.1, 0.15) is 34.8 Å². The number of nitrogens with zero attached hydrogens (tertiary/aromatic N) is 5. The molecule has 4 saturated heterocycles. The lowest BCUT2D eigenvalue weighted by Crippen LogP contribution is -2.60. The van der Waals surface area contributed by atoms with E-state index < -0.39 is 0 Å². The number of benzene rings is 1. The molecule has 6 heterocycles. The Labute approximate surface area is 163 Å². The normalized spacial score (nSPS) is 31.3. The van der Waals surface area contributed by atoms with Crippen molar-refractivity contribution in [3.8, 4) is 0 Å². The molecule has 6 heteroatoms. The van der Waals surface area contributed by atoms with Gasteiger partial charge in [-0.2, -0.15) is 5.10 Å². The fraction of sp³-hybridized carbons (Fsp3) is 0.409. The number of fused-ring (bicyclic) bond motifs is 3. The van der Waals surface area contributed by atoms with E-state index in [9.17, 15) is 4.79 Å². The van der Waals surface area contributed by atoms with Crippen LogP contribution in [0.3, 0.4) is 0 Å². The van der Waals surface area contributed by atoms with Crippen LogP contribution < -0.4 is 0 Å². The van der Waals surface area contributed by atoms with Gasteiger partial charge in [0.2, 0.25) is 0 Å². The second kappa shape index (κ2) is 6.14. The van der Waals surface area contributed by atoms with Gasteiger partial charge in [0.1, 0.15) is 0 Å². The average molecular weight is 373 g/mol. The fourth-order valence-corrected chi connectivity index (χ4v) is 5.77. The van der Waals surface area contributed by atoms with Crippen LogP contribution in [0.4, 0.5) is 0 Å². The Morgan fingerprint density at radius 2 is 1.82 bits per heavy atom. The standard InChI is InChI=1S/C22H23N5O/c28-22(18-13-23-19-7-4-10-24-27(18)19)26-14-17(15-5-2-1-3-6-15)21-20(26)16-8-11-25(21)12-9-16/h1-7,10,13,16-17,20-21H,8-9,11-12,14H2/t17-,20-,21-/m1/s1. The molecule has 142 valence electrons. The van der Waals surface area contributed by atoms with Crippen molar-refractivity contribution in [3.63, 3.8) is 0 Å². The number of imidazole rings is 1. The Morgan fingerprint density at radius 1 is 1.00 bits per heavy atom. The number of amides is 1. The van der Waals surface area contributed by atoms with Crippen molar-refractivity contribution in [1.29, 1.82) is 0 Å². The highest BCUT2D eigenvalue weighted by atomic mass is 16.2. The summed E-state index contributed by atoms with van der Waals surface area (Å²) >= 11 is 0. The van der Waals surface area contributed by atoms with Gasteiger partial charge in [0, 0.05) is 24.7 Å². The van der Waals surface area contributed by atoms with Gasteiger partial charge < -0.3 is 4.90 Å². The summed E-state index contributed by atoms with van der Waals surface area (Å²) in [7, 11) is 0.